The normalized spacial score (nSPS) is 14.3. The number of rotatable bonds is 9. The Morgan fingerprint density at radius 2 is 1.67 bits per heavy atom. The van der Waals surface area contributed by atoms with Gasteiger partial charge >= 0.3 is 5.97 Å². The van der Waals surface area contributed by atoms with Crippen LogP contribution in [0.4, 0.5) is 0 Å². The van der Waals surface area contributed by atoms with Crippen LogP contribution in [0.5, 0.6) is 0 Å². The molecule has 2 atom stereocenters. The van der Waals surface area contributed by atoms with E-state index in [1.165, 1.54) is 0 Å². The van der Waals surface area contributed by atoms with Crippen molar-refractivity contribution < 1.29 is 19.1 Å². The lowest BCUT2D eigenvalue weighted by atomic mass is 9.90. The highest BCUT2D eigenvalue weighted by Crippen LogP contribution is 2.18. The molecule has 0 rings (SSSR count). The summed E-state index contributed by atoms with van der Waals surface area (Å²) in [6.45, 7) is 10.2. The summed E-state index contributed by atoms with van der Waals surface area (Å²) in [5, 5.41) is 0. The molecule has 0 aromatic rings. The zero-order valence-electron chi connectivity index (χ0n) is 12.2. The molecule has 2 unspecified atom stereocenters. The third-order valence-electron chi connectivity index (χ3n) is 2.72. The van der Waals surface area contributed by atoms with Crippen molar-refractivity contribution in [1.82, 2.24) is 0 Å². The fourth-order valence-electron chi connectivity index (χ4n) is 1.89. The molecule has 0 amide bonds. The van der Waals surface area contributed by atoms with Gasteiger partial charge in [-0.15, -0.1) is 0 Å². The SMILES string of the molecule is CCCC(C(=O)OCC)C(=O)C(OCC)C(C)C. The Labute approximate surface area is 110 Å². The van der Waals surface area contributed by atoms with Crippen molar-refractivity contribution in [2.45, 2.75) is 53.6 Å². The van der Waals surface area contributed by atoms with Crippen LogP contribution in [0.3, 0.4) is 0 Å². The van der Waals surface area contributed by atoms with E-state index in [1.54, 1.807) is 6.92 Å². The number of hydrogen-bond acceptors (Lipinski definition) is 4. The lowest BCUT2D eigenvalue weighted by Gasteiger charge is -2.23. The first-order chi connectivity index (χ1) is 8.49. The highest BCUT2D eigenvalue weighted by atomic mass is 16.5. The van der Waals surface area contributed by atoms with E-state index in [4.69, 9.17) is 9.47 Å². The standard InChI is InChI=1S/C14H26O4/c1-6-9-11(14(16)18-8-3)12(15)13(10(4)5)17-7-2/h10-11,13H,6-9H2,1-5H3. The molecule has 0 aliphatic carbocycles. The summed E-state index contributed by atoms with van der Waals surface area (Å²) >= 11 is 0. The Morgan fingerprint density at radius 3 is 2.06 bits per heavy atom. The van der Waals surface area contributed by atoms with Crippen LogP contribution in [-0.2, 0) is 19.1 Å². The van der Waals surface area contributed by atoms with E-state index in [9.17, 15) is 9.59 Å². The summed E-state index contributed by atoms with van der Waals surface area (Å²) in [5.74, 6) is -1.19. The summed E-state index contributed by atoms with van der Waals surface area (Å²) < 4.78 is 10.4. The molecule has 0 aliphatic heterocycles. The smallest absolute Gasteiger partial charge is 0.316 e. The van der Waals surface area contributed by atoms with E-state index in [-0.39, 0.29) is 11.7 Å². The van der Waals surface area contributed by atoms with Crippen LogP contribution in [0, 0.1) is 11.8 Å². The van der Waals surface area contributed by atoms with Crippen molar-refractivity contribution in [3.05, 3.63) is 0 Å². The van der Waals surface area contributed by atoms with Gasteiger partial charge in [-0.25, -0.2) is 0 Å². The Morgan fingerprint density at radius 1 is 1.06 bits per heavy atom. The number of ketones is 1. The number of hydrogen-bond donors (Lipinski definition) is 0. The Hall–Kier alpha value is -0.900. The highest BCUT2D eigenvalue weighted by molar-refractivity contribution is 6.01. The lowest BCUT2D eigenvalue weighted by molar-refractivity contribution is -0.156. The summed E-state index contributed by atoms with van der Waals surface area (Å²) in [7, 11) is 0. The second-order valence-electron chi connectivity index (χ2n) is 4.62. The molecule has 0 bridgehead atoms. The predicted molar refractivity (Wildman–Crippen MR) is 70.3 cm³/mol. The fraction of sp³-hybridized carbons (Fsp3) is 0.857. The maximum absolute atomic E-state index is 12.4. The van der Waals surface area contributed by atoms with Crippen LogP contribution in [0.1, 0.15) is 47.5 Å². The largest absolute Gasteiger partial charge is 0.465 e. The van der Waals surface area contributed by atoms with Crippen molar-refractivity contribution >= 4 is 11.8 Å². The molecule has 0 N–H and O–H groups in total. The number of carbonyl (C=O) groups is 2. The van der Waals surface area contributed by atoms with Crippen molar-refractivity contribution in [3.63, 3.8) is 0 Å². The second kappa shape index (κ2) is 9.09. The zero-order valence-corrected chi connectivity index (χ0v) is 12.2. The van der Waals surface area contributed by atoms with Crippen molar-refractivity contribution in [2.75, 3.05) is 13.2 Å². The summed E-state index contributed by atoms with van der Waals surface area (Å²) in [5.41, 5.74) is 0. The number of esters is 1. The average Bonchev–Trinajstić information content (AvgIpc) is 2.32. The summed E-state index contributed by atoms with van der Waals surface area (Å²) in [6.07, 6.45) is 0.774. The van der Waals surface area contributed by atoms with Gasteiger partial charge < -0.3 is 9.47 Å². The molecule has 0 aromatic heterocycles. The quantitative estimate of drug-likeness (QED) is 0.471. The van der Waals surface area contributed by atoms with E-state index >= 15 is 0 Å². The van der Waals surface area contributed by atoms with E-state index in [2.05, 4.69) is 0 Å². The van der Waals surface area contributed by atoms with Gasteiger partial charge in [0.05, 0.1) is 6.61 Å². The van der Waals surface area contributed by atoms with Gasteiger partial charge in [0.1, 0.15) is 12.0 Å². The molecule has 0 aliphatic rings. The molecule has 106 valence electrons. The molecule has 0 saturated carbocycles. The third kappa shape index (κ3) is 5.17. The summed E-state index contributed by atoms with van der Waals surface area (Å²) in [4.78, 5) is 24.2. The molecule has 4 heteroatoms. The van der Waals surface area contributed by atoms with Gasteiger partial charge in [0.2, 0.25) is 0 Å². The Bertz CT molecular complexity index is 261. The number of carbonyl (C=O) groups excluding carboxylic acids is 2. The predicted octanol–water partition coefficient (Wildman–Crippen LogP) is 2.60. The first-order valence-electron chi connectivity index (χ1n) is 6.81. The molecule has 0 saturated heterocycles. The van der Waals surface area contributed by atoms with Crippen LogP contribution in [0.2, 0.25) is 0 Å². The monoisotopic (exact) mass is 258 g/mol. The number of Topliss-reactive ketones (excluding diaryl/α,β-unsaturated/α-hetero) is 1. The van der Waals surface area contributed by atoms with E-state index in [1.807, 2.05) is 27.7 Å². The van der Waals surface area contributed by atoms with Gasteiger partial charge in [0, 0.05) is 6.61 Å². The van der Waals surface area contributed by atoms with Gasteiger partial charge in [-0.3, -0.25) is 9.59 Å². The van der Waals surface area contributed by atoms with Crippen LogP contribution < -0.4 is 0 Å². The fourth-order valence-corrected chi connectivity index (χ4v) is 1.89. The Kier molecular flexibility index (Phi) is 8.63. The van der Waals surface area contributed by atoms with Crippen LogP contribution >= 0.6 is 0 Å². The topological polar surface area (TPSA) is 52.6 Å². The minimum atomic E-state index is -0.686. The van der Waals surface area contributed by atoms with Crippen LogP contribution in [0.15, 0.2) is 0 Å². The van der Waals surface area contributed by atoms with E-state index in [0.29, 0.717) is 19.6 Å². The first-order valence-corrected chi connectivity index (χ1v) is 6.81. The second-order valence-corrected chi connectivity index (χ2v) is 4.62. The molecule has 18 heavy (non-hydrogen) atoms. The third-order valence-corrected chi connectivity index (χ3v) is 2.72. The van der Waals surface area contributed by atoms with Gasteiger partial charge in [-0.05, 0) is 26.2 Å². The molecular weight excluding hydrogens is 232 g/mol. The van der Waals surface area contributed by atoms with Crippen LogP contribution in [-0.4, -0.2) is 31.1 Å². The molecule has 0 radical (unpaired) electrons. The van der Waals surface area contributed by atoms with Crippen molar-refractivity contribution in [2.24, 2.45) is 11.8 Å². The minimum absolute atomic E-state index is 0.0613. The van der Waals surface area contributed by atoms with E-state index < -0.39 is 18.0 Å². The molecule has 0 spiro atoms. The van der Waals surface area contributed by atoms with Crippen LogP contribution in [0.25, 0.3) is 0 Å². The highest BCUT2D eigenvalue weighted by Gasteiger charge is 2.34. The average molecular weight is 258 g/mol. The van der Waals surface area contributed by atoms with E-state index in [0.717, 1.165) is 6.42 Å². The molecule has 0 aromatic carbocycles. The van der Waals surface area contributed by atoms with Crippen molar-refractivity contribution in [3.8, 4) is 0 Å². The maximum Gasteiger partial charge on any atom is 0.316 e. The molecular formula is C14H26O4. The molecule has 0 heterocycles. The maximum atomic E-state index is 12.4. The van der Waals surface area contributed by atoms with Gasteiger partial charge in [0.15, 0.2) is 5.78 Å². The zero-order chi connectivity index (χ0) is 14.1. The van der Waals surface area contributed by atoms with Crippen molar-refractivity contribution in [1.29, 1.82) is 0 Å². The Balaban J connectivity index is 4.85. The number of ether oxygens (including phenoxy) is 2. The first kappa shape index (κ1) is 17.1. The molecule has 0 fully saturated rings. The lowest BCUT2D eigenvalue weighted by Crippen LogP contribution is -2.39. The molecule has 4 nitrogen and oxygen atoms in total. The minimum Gasteiger partial charge on any atom is -0.465 e. The van der Waals surface area contributed by atoms with Gasteiger partial charge in [0.25, 0.3) is 0 Å². The van der Waals surface area contributed by atoms with Gasteiger partial charge in [-0.1, -0.05) is 27.2 Å². The summed E-state index contributed by atoms with van der Waals surface area (Å²) in [6, 6.07) is 0. The van der Waals surface area contributed by atoms with Gasteiger partial charge in [-0.2, -0.15) is 0 Å².